The van der Waals surface area contributed by atoms with Gasteiger partial charge in [-0.25, -0.2) is 4.68 Å². The van der Waals surface area contributed by atoms with Gasteiger partial charge in [0, 0.05) is 25.8 Å². The van der Waals surface area contributed by atoms with Gasteiger partial charge in [-0.15, -0.1) is 24.0 Å². The molecule has 0 aliphatic heterocycles. The Morgan fingerprint density at radius 1 is 0.939 bits per heavy atom. The summed E-state index contributed by atoms with van der Waals surface area (Å²) < 4.78 is 18.2. The highest BCUT2D eigenvalue weighted by molar-refractivity contribution is 14.0. The molecule has 0 radical (unpaired) electrons. The van der Waals surface area contributed by atoms with E-state index in [4.69, 9.17) is 14.2 Å². The van der Waals surface area contributed by atoms with Crippen molar-refractivity contribution in [1.82, 2.24) is 20.4 Å². The molecule has 1 aromatic heterocycles. The Morgan fingerprint density at radius 2 is 1.58 bits per heavy atom. The highest BCUT2D eigenvalue weighted by Gasteiger charge is 2.14. The van der Waals surface area contributed by atoms with E-state index in [0.29, 0.717) is 36.3 Å². The molecular weight excluding hydrogens is 533 g/mol. The fourth-order valence-electron chi connectivity index (χ4n) is 3.56. The van der Waals surface area contributed by atoms with Crippen LogP contribution in [0.1, 0.15) is 22.5 Å². The zero-order valence-electron chi connectivity index (χ0n) is 19.9. The number of nitrogens with zero attached hydrogens (tertiary/aromatic N) is 3. The summed E-state index contributed by atoms with van der Waals surface area (Å²) in [6.07, 6.45) is 0. The Kier molecular flexibility index (Phi) is 9.83. The van der Waals surface area contributed by atoms with Crippen LogP contribution in [0.15, 0.2) is 47.5 Å². The van der Waals surface area contributed by atoms with E-state index in [-0.39, 0.29) is 24.0 Å². The van der Waals surface area contributed by atoms with Gasteiger partial charge >= 0.3 is 0 Å². The van der Waals surface area contributed by atoms with Crippen LogP contribution >= 0.6 is 24.0 Å². The summed E-state index contributed by atoms with van der Waals surface area (Å²) in [6, 6.07) is 14.1. The molecule has 0 spiro atoms. The number of aryl methyl sites for hydroxylation is 2. The van der Waals surface area contributed by atoms with Crippen LogP contribution in [0.5, 0.6) is 17.2 Å². The van der Waals surface area contributed by atoms with Gasteiger partial charge in [0.15, 0.2) is 17.5 Å². The molecule has 0 saturated heterocycles. The minimum absolute atomic E-state index is 0. The summed E-state index contributed by atoms with van der Waals surface area (Å²) in [5.41, 5.74) is 5.23. The van der Waals surface area contributed by atoms with Gasteiger partial charge in [0.05, 0.1) is 32.7 Å². The molecule has 0 atom stereocenters. The third-order valence-corrected chi connectivity index (χ3v) is 5.08. The van der Waals surface area contributed by atoms with Crippen molar-refractivity contribution >= 4 is 29.9 Å². The predicted molar refractivity (Wildman–Crippen MR) is 142 cm³/mol. The Hall–Kier alpha value is -2.95. The zero-order valence-corrected chi connectivity index (χ0v) is 22.3. The number of hydrogen-bond donors (Lipinski definition) is 2. The van der Waals surface area contributed by atoms with Crippen molar-refractivity contribution in [2.45, 2.75) is 26.9 Å². The third-order valence-electron chi connectivity index (χ3n) is 5.08. The first-order valence-electron chi connectivity index (χ1n) is 10.4. The highest BCUT2D eigenvalue weighted by atomic mass is 127. The molecule has 0 amide bonds. The van der Waals surface area contributed by atoms with E-state index in [1.54, 1.807) is 28.4 Å². The Morgan fingerprint density at radius 3 is 2.12 bits per heavy atom. The van der Waals surface area contributed by atoms with Crippen molar-refractivity contribution in [3.05, 3.63) is 65.0 Å². The summed E-state index contributed by atoms with van der Waals surface area (Å²) in [5, 5.41) is 11.3. The summed E-state index contributed by atoms with van der Waals surface area (Å²) in [4.78, 5) is 4.35. The number of hydrogen-bond acceptors (Lipinski definition) is 5. The van der Waals surface area contributed by atoms with Crippen LogP contribution in [-0.4, -0.2) is 44.1 Å². The lowest BCUT2D eigenvalue weighted by molar-refractivity contribution is 0.323. The number of methoxy groups -OCH3 is 3. The van der Waals surface area contributed by atoms with E-state index >= 15 is 0 Å². The van der Waals surface area contributed by atoms with Crippen LogP contribution < -0.4 is 24.8 Å². The normalized spacial score (nSPS) is 10.9. The number of guanidine groups is 1. The lowest BCUT2D eigenvalue weighted by atomic mass is 10.1. The molecule has 3 rings (SSSR count). The number of halogens is 1. The number of rotatable bonds is 8. The first-order chi connectivity index (χ1) is 15.5. The van der Waals surface area contributed by atoms with Gasteiger partial charge in [0.2, 0.25) is 5.75 Å². The van der Waals surface area contributed by atoms with Crippen LogP contribution in [0.4, 0.5) is 0 Å². The Labute approximate surface area is 212 Å². The van der Waals surface area contributed by atoms with Crippen LogP contribution in [0, 0.1) is 13.8 Å². The van der Waals surface area contributed by atoms with Crippen molar-refractivity contribution in [2.75, 3.05) is 28.4 Å². The molecular formula is C24H32IN5O3. The highest BCUT2D eigenvalue weighted by Crippen LogP contribution is 2.38. The molecule has 0 aliphatic carbocycles. The number of aliphatic imine (C=N–C) groups is 1. The van der Waals surface area contributed by atoms with Crippen molar-refractivity contribution in [3.8, 4) is 22.9 Å². The summed E-state index contributed by atoms with van der Waals surface area (Å²) in [7, 11) is 6.55. The van der Waals surface area contributed by atoms with Gasteiger partial charge in [0.25, 0.3) is 0 Å². The fraction of sp³-hybridized carbons (Fsp3) is 0.333. The van der Waals surface area contributed by atoms with E-state index in [2.05, 4.69) is 45.8 Å². The van der Waals surface area contributed by atoms with Crippen molar-refractivity contribution < 1.29 is 14.2 Å². The maximum Gasteiger partial charge on any atom is 0.203 e. The maximum absolute atomic E-state index is 5.44. The van der Waals surface area contributed by atoms with Gasteiger partial charge in [-0.2, -0.15) is 5.10 Å². The molecule has 1 heterocycles. The number of aromatic nitrogens is 2. The van der Waals surface area contributed by atoms with Crippen molar-refractivity contribution in [3.63, 3.8) is 0 Å². The number of ether oxygens (including phenoxy) is 3. The molecule has 0 bridgehead atoms. The second-order valence-corrected chi connectivity index (χ2v) is 7.28. The first kappa shape index (κ1) is 26.3. The minimum atomic E-state index is 0. The summed E-state index contributed by atoms with van der Waals surface area (Å²) in [6.45, 7) is 5.19. The molecule has 2 N–H and O–H groups in total. The molecule has 0 saturated carbocycles. The SMILES string of the molecule is CN=C(NCc1cc(OC)c(OC)c(OC)c1)NCc1ccccc1-n1nc(C)cc1C.I. The van der Waals surface area contributed by atoms with Crippen LogP contribution in [-0.2, 0) is 13.1 Å². The van der Waals surface area contributed by atoms with Crippen molar-refractivity contribution in [2.24, 2.45) is 4.99 Å². The molecule has 9 heteroatoms. The van der Waals surface area contributed by atoms with Crippen LogP contribution in [0.2, 0.25) is 0 Å². The van der Waals surface area contributed by atoms with E-state index < -0.39 is 0 Å². The van der Waals surface area contributed by atoms with Gasteiger partial charge in [-0.05, 0) is 49.2 Å². The van der Waals surface area contributed by atoms with Gasteiger partial charge in [-0.1, -0.05) is 18.2 Å². The molecule has 0 unspecified atom stereocenters. The van der Waals surface area contributed by atoms with Crippen LogP contribution in [0.3, 0.4) is 0 Å². The molecule has 0 aliphatic rings. The van der Waals surface area contributed by atoms with Gasteiger partial charge in [-0.3, -0.25) is 4.99 Å². The molecule has 2 aromatic carbocycles. The minimum Gasteiger partial charge on any atom is -0.493 e. The topological polar surface area (TPSA) is 81.9 Å². The Balaban J connectivity index is 0.00000385. The van der Waals surface area contributed by atoms with E-state index in [9.17, 15) is 0 Å². The molecule has 8 nitrogen and oxygen atoms in total. The number of nitrogens with one attached hydrogen (secondary N) is 2. The molecule has 3 aromatic rings. The largest absolute Gasteiger partial charge is 0.493 e. The fourth-order valence-corrected chi connectivity index (χ4v) is 3.56. The number of benzene rings is 2. The van der Waals surface area contributed by atoms with E-state index in [1.165, 1.54) is 0 Å². The van der Waals surface area contributed by atoms with E-state index in [0.717, 1.165) is 28.2 Å². The lowest BCUT2D eigenvalue weighted by Gasteiger charge is -2.17. The first-order valence-corrected chi connectivity index (χ1v) is 10.4. The van der Waals surface area contributed by atoms with Crippen LogP contribution in [0.25, 0.3) is 5.69 Å². The second kappa shape index (κ2) is 12.3. The second-order valence-electron chi connectivity index (χ2n) is 7.28. The number of para-hydroxylation sites is 1. The lowest BCUT2D eigenvalue weighted by Crippen LogP contribution is -2.36. The average Bonchev–Trinajstić information content (AvgIpc) is 3.16. The summed E-state index contributed by atoms with van der Waals surface area (Å²) in [5.74, 6) is 2.49. The van der Waals surface area contributed by atoms with Crippen molar-refractivity contribution in [1.29, 1.82) is 0 Å². The maximum atomic E-state index is 5.44. The average molecular weight is 565 g/mol. The zero-order chi connectivity index (χ0) is 23.1. The van der Waals surface area contributed by atoms with E-state index in [1.807, 2.05) is 35.9 Å². The smallest absolute Gasteiger partial charge is 0.203 e. The standard InChI is InChI=1S/C24H31N5O3.HI/c1-16-11-17(2)29(28-16)20-10-8-7-9-19(20)15-27-24(25-3)26-14-18-12-21(30-4)23(32-6)22(13-18)31-5;/h7-13H,14-15H2,1-6H3,(H2,25,26,27);1H. The predicted octanol–water partition coefficient (Wildman–Crippen LogP) is 4.00. The third kappa shape index (κ3) is 6.31. The quantitative estimate of drug-likeness (QED) is 0.244. The molecule has 178 valence electrons. The van der Waals surface area contributed by atoms with Gasteiger partial charge < -0.3 is 24.8 Å². The monoisotopic (exact) mass is 565 g/mol. The molecule has 33 heavy (non-hydrogen) atoms. The Bertz CT molecular complexity index is 1070. The summed E-state index contributed by atoms with van der Waals surface area (Å²) >= 11 is 0. The van der Waals surface area contributed by atoms with Gasteiger partial charge in [0.1, 0.15) is 0 Å². The molecule has 0 fully saturated rings.